The van der Waals surface area contributed by atoms with Crippen LogP contribution in [0.1, 0.15) is 64.2 Å². The number of carbonyl (C=O) groups excluding carboxylic acids is 3. The van der Waals surface area contributed by atoms with Gasteiger partial charge in [0.05, 0.1) is 6.61 Å². The highest BCUT2D eigenvalue weighted by Crippen LogP contribution is 2.30. The maximum absolute atomic E-state index is 11.4. The van der Waals surface area contributed by atoms with Crippen LogP contribution in [0.25, 0.3) is 59.4 Å². The van der Waals surface area contributed by atoms with Crippen molar-refractivity contribution < 1.29 is 19.1 Å². The van der Waals surface area contributed by atoms with Crippen LogP contribution in [0.5, 0.6) is 5.75 Å². The summed E-state index contributed by atoms with van der Waals surface area (Å²) < 4.78 is 11.0. The van der Waals surface area contributed by atoms with Crippen molar-refractivity contribution in [2.24, 2.45) is 0 Å². The SMILES string of the molecule is CC.CCCOc1ccc(-c2nc3sccn3c2C=O)cc1.Cc1ccc(-c2nc3sccn3c2C=O)cc1.O=Cc1c(-c2ccc3ccccc3c2)nc2sccn12. The molecule has 0 spiro atoms. The average Bonchev–Trinajstić information content (AvgIpc) is 4.14. The first-order valence-electron chi connectivity index (χ1n) is 19.0. The Labute approximate surface area is 352 Å². The first-order chi connectivity index (χ1) is 29.0. The van der Waals surface area contributed by atoms with Crippen molar-refractivity contribution in [2.75, 3.05) is 6.61 Å². The van der Waals surface area contributed by atoms with Crippen molar-refractivity contribution in [1.29, 1.82) is 0 Å². The van der Waals surface area contributed by atoms with E-state index in [1.54, 1.807) is 0 Å². The van der Waals surface area contributed by atoms with Gasteiger partial charge in [-0.25, -0.2) is 15.0 Å². The van der Waals surface area contributed by atoms with Crippen LogP contribution in [0.2, 0.25) is 0 Å². The second-order valence-corrected chi connectivity index (χ2v) is 15.5. The maximum Gasteiger partial charge on any atom is 0.194 e. The van der Waals surface area contributed by atoms with E-state index in [1.165, 1.54) is 45.0 Å². The number of thiazole rings is 3. The second kappa shape index (κ2) is 18.8. The molecule has 0 aliphatic heterocycles. The van der Waals surface area contributed by atoms with Crippen LogP contribution >= 0.6 is 34.0 Å². The number of carbonyl (C=O) groups is 3. The van der Waals surface area contributed by atoms with E-state index in [9.17, 15) is 14.4 Å². The fourth-order valence-electron chi connectivity index (χ4n) is 6.36. The van der Waals surface area contributed by atoms with Gasteiger partial charge in [0.15, 0.2) is 33.7 Å². The summed E-state index contributed by atoms with van der Waals surface area (Å²) in [5.74, 6) is 0.837. The minimum absolute atomic E-state index is 0.587. The quantitative estimate of drug-likeness (QED) is 0.133. The minimum atomic E-state index is 0.587. The lowest BCUT2D eigenvalue weighted by atomic mass is 10.0. The van der Waals surface area contributed by atoms with Crippen LogP contribution in [0.3, 0.4) is 0 Å². The van der Waals surface area contributed by atoms with Gasteiger partial charge >= 0.3 is 0 Å². The third-order valence-corrected chi connectivity index (χ3v) is 11.5. The number of aldehydes is 3. The molecule has 0 aliphatic carbocycles. The zero-order valence-corrected chi connectivity index (χ0v) is 35.3. The number of benzene rings is 4. The number of hydrogen-bond donors (Lipinski definition) is 0. The Morgan fingerprint density at radius 2 is 0.983 bits per heavy atom. The van der Waals surface area contributed by atoms with E-state index in [4.69, 9.17) is 4.74 Å². The number of nitrogens with zero attached hydrogens (tertiary/aromatic N) is 6. The maximum atomic E-state index is 11.4. The highest BCUT2D eigenvalue weighted by molar-refractivity contribution is 7.15. The van der Waals surface area contributed by atoms with E-state index in [1.807, 2.05) is 135 Å². The molecule has 296 valence electrons. The van der Waals surface area contributed by atoms with Gasteiger partial charge in [0.2, 0.25) is 0 Å². The van der Waals surface area contributed by atoms with Gasteiger partial charge < -0.3 is 4.74 Å². The molecule has 0 amide bonds. The molecule has 6 aromatic heterocycles. The van der Waals surface area contributed by atoms with Crippen LogP contribution in [-0.4, -0.2) is 53.6 Å². The van der Waals surface area contributed by atoms with Crippen molar-refractivity contribution in [2.45, 2.75) is 34.1 Å². The molecule has 13 heteroatoms. The molecular formula is C46H40N6O4S3. The molecule has 10 aromatic rings. The normalized spacial score (nSPS) is 10.7. The van der Waals surface area contributed by atoms with Gasteiger partial charge in [0.25, 0.3) is 0 Å². The predicted molar refractivity (Wildman–Crippen MR) is 241 cm³/mol. The summed E-state index contributed by atoms with van der Waals surface area (Å²) in [5.41, 5.74) is 8.10. The highest BCUT2D eigenvalue weighted by Gasteiger charge is 2.16. The molecule has 59 heavy (non-hydrogen) atoms. The summed E-state index contributed by atoms with van der Waals surface area (Å²) in [6.07, 6.45) is 9.17. The monoisotopic (exact) mass is 836 g/mol. The van der Waals surface area contributed by atoms with Gasteiger partial charge in [-0.15, -0.1) is 34.0 Å². The summed E-state index contributed by atoms with van der Waals surface area (Å²) in [5, 5.41) is 8.11. The fraction of sp³-hybridized carbons (Fsp3) is 0.130. The highest BCUT2D eigenvalue weighted by atomic mass is 32.1. The van der Waals surface area contributed by atoms with Crippen LogP contribution in [0.15, 0.2) is 126 Å². The van der Waals surface area contributed by atoms with E-state index < -0.39 is 0 Å². The average molecular weight is 837 g/mol. The Bertz CT molecular complexity index is 2980. The predicted octanol–water partition coefficient (Wildman–Crippen LogP) is 11.9. The minimum Gasteiger partial charge on any atom is -0.494 e. The first kappa shape index (κ1) is 40.6. The summed E-state index contributed by atoms with van der Waals surface area (Å²) >= 11 is 4.57. The summed E-state index contributed by atoms with van der Waals surface area (Å²) in [4.78, 5) is 50.0. The Morgan fingerprint density at radius 1 is 0.559 bits per heavy atom. The van der Waals surface area contributed by atoms with E-state index in [-0.39, 0.29) is 0 Å². The topological polar surface area (TPSA) is 112 Å². The van der Waals surface area contributed by atoms with Crippen LogP contribution in [-0.2, 0) is 0 Å². The van der Waals surface area contributed by atoms with Gasteiger partial charge in [-0.05, 0) is 54.4 Å². The fourth-order valence-corrected chi connectivity index (χ4v) is 8.53. The lowest BCUT2D eigenvalue weighted by Crippen LogP contribution is -1.95. The third-order valence-electron chi connectivity index (χ3n) is 9.18. The molecule has 0 saturated heterocycles. The number of fused-ring (bicyclic) bond motifs is 4. The second-order valence-electron chi connectivity index (χ2n) is 12.9. The van der Waals surface area contributed by atoms with Crippen LogP contribution in [0, 0.1) is 6.92 Å². The number of ether oxygens (including phenoxy) is 1. The summed E-state index contributed by atoms with van der Waals surface area (Å²) in [6.45, 7) is 8.82. The molecule has 0 saturated carbocycles. The smallest absolute Gasteiger partial charge is 0.194 e. The van der Waals surface area contributed by atoms with Crippen molar-refractivity contribution in [3.63, 3.8) is 0 Å². The van der Waals surface area contributed by atoms with Crippen LogP contribution in [0.4, 0.5) is 0 Å². The molecule has 6 heterocycles. The van der Waals surface area contributed by atoms with Crippen molar-refractivity contribution in [3.05, 3.63) is 148 Å². The molecular weight excluding hydrogens is 797 g/mol. The number of imidazole rings is 3. The Hall–Kier alpha value is -6.54. The lowest BCUT2D eigenvalue weighted by Gasteiger charge is -2.05. The first-order valence-corrected chi connectivity index (χ1v) is 21.6. The van der Waals surface area contributed by atoms with Gasteiger partial charge in [-0.2, -0.15) is 0 Å². The van der Waals surface area contributed by atoms with Gasteiger partial charge in [-0.1, -0.05) is 87.0 Å². The van der Waals surface area contributed by atoms with Crippen molar-refractivity contribution in [1.82, 2.24) is 28.2 Å². The van der Waals surface area contributed by atoms with E-state index in [2.05, 4.69) is 46.1 Å². The molecule has 0 aliphatic rings. The van der Waals surface area contributed by atoms with Gasteiger partial charge in [-0.3, -0.25) is 27.6 Å². The molecule has 0 unspecified atom stereocenters. The zero-order chi connectivity index (χ0) is 41.3. The van der Waals surface area contributed by atoms with Gasteiger partial charge in [0.1, 0.15) is 39.9 Å². The molecule has 0 fully saturated rings. The van der Waals surface area contributed by atoms with E-state index in [0.717, 1.165) is 79.4 Å². The van der Waals surface area contributed by atoms with Crippen molar-refractivity contribution in [3.8, 4) is 39.5 Å². The molecule has 0 atom stereocenters. The standard InChI is InChI=1S/C16H10N2OS.C15H14N2O2S.C13H10N2OS.C2H6/c19-10-14-15(17-16-18(14)7-8-20-16)13-6-5-11-3-1-2-4-12(11)9-13;1-2-8-19-12-5-3-11(4-6-12)14-13(10-18)17-7-9-20-15(17)16-14;1-9-2-4-10(5-3-9)12-11(8-16)15-6-7-17-13(15)14-12;1-2/h1-10H;3-7,9-10H,2,8H2,1H3;2-8H,1H3;1-2H3. The molecule has 0 N–H and O–H groups in total. The van der Waals surface area contributed by atoms with Gasteiger partial charge in [0, 0.05) is 51.4 Å². The Morgan fingerprint density at radius 3 is 1.44 bits per heavy atom. The molecule has 10 rings (SSSR count). The molecule has 4 aromatic carbocycles. The van der Waals surface area contributed by atoms with Crippen LogP contribution < -0.4 is 4.74 Å². The number of aromatic nitrogens is 6. The summed E-state index contributed by atoms with van der Waals surface area (Å²) in [7, 11) is 0. The number of aryl methyl sites for hydroxylation is 1. The van der Waals surface area contributed by atoms with E-state index in [0.29, 0.717) is 29.4 Å². The number of hydrogen-bond acceptors (Lipinski definition) is 10. The zero-order valence-electron chi connectivity index (χ0n) is 32.8. The molecule has 10 nitrogen and oxygen atoms in total. The molecule has 0 bridgehead atoms. The van der Waals surface area contributed by atoms with Crippen molar-refractivity contribution >= 4 is 78.5 Å². The third kappa shape index (κ3) is 8.53. The number of rotatable bonds is 9. The largest absolute Gasteiger partial charge is 0.494 e. The van der Waals surface area contributed by atoms with E-state index >= 15 is 0 Å². The lowest BCUT2D eigenvalue weighted by molar-refractivity contribution is 0.111. The Balaban J connectivity index is 0.000000132. The summed E-state index contributed by atoms with van der Waals surface area (Å²) in [6, 6.07) is 30.1. The molecule has 0 radical (unpaired) electrons. The Kier molecular flexibility index (Phi) is 13.0.